The van der Waals surface area contributed by atoms with Gasteiger partial charge >= 0.3 is 0 Å². The minimum atomic E-state index is 0.765. The van der Waals surface area contributed by atoms with Gasteiger partial charge in [0.05, 0.1) is 6.21 Å². The predicted octanol–water partition coefficient (Wildman–Crippen LogP) is 5.25. The molecule has 0 aliphatic heterocycles. The highest BCUT2D eigenvalue weighted by molar-refractivity contribution is 6.01. The lowest BCUT2D eigenvalue weighted by Crippen LogP contribution is -1.86. The SMILES string of the molecule is Cc1ccc(/C=N/O)c2ccccc12.Cc1ccc(C=O)c2ccccc12.NO. The first-order valence-electron chi connectivity index (χ1n) is 9.01. The van der Waals surface area contributed by atoms with Crippen LogP contribution in [0.25, 0.3) is 21.5 Å². The number of fused-ring (bicyclic) bond motifs is 2. The summed E-state index contributed by atoms with van der Waals surface area (Å²) in [7, 11) is 0. The molecule has 0 aliphatic rings. The summed E-state index contributed by atoms with van der Waals surface area (Å²) < 4.78 is 0. The zero-order valence-electron chi connectivity index (χ0n) is 16.4. The van der Waals surface area contributed by atoms with E-state index in [2.05, 4.69) is 31.0 Å². The van der Waals surface area contributed by atoms with Crippen LogP contribution in [0.3, 0.4) is 0 Å². The van der Waals surface area contributed by atoms with Gasteiger partial charge in [0.15, 0.2) is 6.29 Å². The van der Waals surface area contributed by atoms with Gasteiger partial charge < -0.3 is 10.4 Å². The van der Waals surface area contributed by atoms with Gasteiger partial charge in [-0.3, -0.25) is 4.79 Å². The second kappa shape index (κ2) is 10.7. The summed E-state index contributed by atoms with van der Waals surface area (Å²) >= 11 is 0. The summed E-state index contributed by atoms with van der Waals surface area (Å²) in [5, 5.41) is 22.6. The van der Waals surface area contributed by atoms with E-state index in [9.17, 15) is 4.79 Å². The Morgan fingerprint density at radius 1 is 0.690 bits per heavy atom. The van der Waals surface area contributed by atoms with E-state index in [0.29, 0.717) is 0 Å². The fraction of sp³-hybridized carbons (Fsp3) is 0.0833. The van der Waals surface area contributed by atoms with E-state index in [-0.39, 0.29) is 0 Å². The Morgan fingerprint density at radius 2 is 1.10 bits per heavy atom. The number of rotatable bonds is 2. The first-order valence-corrected chi connectivity index (χ1v) is 9.01. The van der Waals surface area contributed by atoms with Crippen molar-refractivity contribution in [3.05, 3.63) is 95.1 Å². The Bertz CT molecular complexity index is 1140. The van der Waals surface area contributed by atoms with Crippen molar-refractivity contribution in [3.63, 3.8) is 0 Å². The van der Waals surface area contributed by atoms with Gasteiger partial charge in [-0.15, -0.1) is 0 Å². The molecule has 0 aliphatic carbocycles. The van der Waals surface area contributed by atoms with Gasteiger partial charge in [-0.25, -0.2) is 5.90 Å². The molecule has 0 fully saturated rings. The standard InChI is InChI=1S/C12H11NO.C12H10O.H3NO/c1-9-6-7-10(8-13-14)12-5-3-2-4-11(9)12;1-9-6-7-10(8-13)12-5-3-2-4-11(9)12;1-2/h2-8,14H,1H3;2-8H,1H3;2H,1H2/b13-8+;;. The number of oxime groups is 1. The smallest absolute Gasteiger partial charge is 0.150 e. The van der Waals surface area contributed by atoms with Gasteiger partial charge in [-0.2, -0.15) is 0 Å². The number of hydrogen-bond donors (Lipinski definition) is 3. The number of nitrogens with two attached hydrogens (primary N) is 1. The summed E-state index contributed by atoms with van der Waals surface area (Å²) in [6.07, 6.45) is 2.36. The van der Waals surface area contributed by atoms with Crippen molar-refractivity contribution in [2.45, 2.75) is 13.8 Å². The minimum absolute atomic E-state index is 0.765. The molecule has 0 saturated carbocycles. The third-order valence-corrected chi connectivity index (χ3v) is 4.68. The van der Waals surface area contributed by atoms with Crippen molar-refractivity contribution in [2.75, 3.05) is 0 Å². The molecule has 0 spiro atoms. The number of nitrogens with zero attached hydrogens (tertiary/aromatic N) is 1. The van der Waals surface area contributed by atoms with Crippen LogP contribution in [0.15, 0.2) is 78.0 Å². The van der Waals surface area contributed by atoms with E-state index in [1.54, 1.807) is 0 Å². The van der Waals surface area contributed by atoms with Gasteiger partial charge in [-0.05, 0) is 46.5 Å². The molecule has 0 heterocycles. The zero-order valence-corrected chi connectivity index (χ0v) is 16.4. The Hall–Kier alpha value is -3.54. The Kier molecular flexibility index (Phi) is 8.03. The molecule has 0 aromatic heterocycles. The lowest BCUT2D eigenvalue weighted by atomic mass is 10.0. The second-order valence-electron chi connectivity index (χ2n) is 6.40. The van der Waals surface area contributed by atoms with E-state index in [4.69, 9.17) is 10.4 Å². The zero-order chi connectivity index (χ0) is 21.2. The van der Waals surface area contributed by atoms with Gasteiger partial charge in [0, 0.05) is 11.1 Å². The average molecular weight is 388 g/mol. The highest BCUT2D eigenvalue weighted by atomic mass is 16.4. The van der Waals surface area contributed by atoms with Crippen LogP contribution in [0.2, 0.25) is 0 Å². The third-order valence-electron chi connectivity index (χ3n) is 4.68. The van der Waals surface area contributed by atoms with Gasteiger partial charge in [0.1, 0.15) is 0 Å². The molecule has 0 saturated heterocycles. The molecule has 0 unspecified atom stereocenters. The lowest BCUT2D eigenvalue weighted by molar-refractivity contribution is 0.112. The second-order valence-corrected chi connectivity index (χ2v) is 6.40. The highest BCUT2D eigenvalue weighted by Crippen LogP contribution is 2.21. The minimum Gasteiger partial charge on any atom is -0.411 e. The van der Waals surface area contributed by atoms with Crippen molar-refractivity contribution < 1.29 is 15.2 Å². The molecule has 4 N–H and O–H groups in total. The monoisotopic (exact) mass is 388 g/mol. The quantitative estimate of drug-likeness (QED) is 0.189. The molecule has 0 bridgehead atoms. The number of aldehydes is 1. The van der Waals surface area contributed by atoms with E-state index < -0.39 is 0 Å². The maximum Gasteiger partial charge on any atom is 0.150 e. The van der Waals surface area contributed by atoms with Crippen molar-refractivity contribution in [2.24, 2.45) is 11.1 Å². The summed E-state index contributed by atoms with van der Waals surface area (Å²) in [5.74, 6) is 3.50. The summed E-state index contributed by atoms with van der Waals surface area (Å²) in [5.41, 5.74) is 4.15. The van der Waals surface area contributed by atoms with Crippen LogP contribution < -0.4 is 5.90 Å². The number of carbonyl (C=O) groups is 1. The molecular weight excluding hydrogens is 364 g/mol. The van der Waals surface area contributed by atoms with E-state index in [0.717, 1.165) is 33.6 Å². The van der Waals surface area contributed by atoms with Crippen LogP contribution in [0.4, 0.5) is 0 Å². The van der Waals surface area contributed by atoms with Crippen LogP contribution in [-0.2, 0) is 0 Å². The first-order chi connectivity index (χ1) is 14.2. The van der Waals surface area contributed by atoms with Gasteiger partial charge in [0.2, 0.25) is 0 Å². The summed E-state index contributed by atoms with van der Waals surface area (Å²) in [6, 6.07) is 23.9. The van der Waals surface area contributed by atoms with Crippen LogP contribution in [0.1, 0.15) is 27.0 Å². The summed E-state index contributed by atoms with van der Waals surface area (Å²) in [4.78, 5) is 10.7. The Morgan fingerprint density at radius 3 is 1.55 bits per heavy atom. The molecule has 0 radical (unpaired) electrons. The molecule has 29 heavy (non-hydrogen) atoms. The van der Waals surface area contributed by atoms with Crippen LogP contribution in [0.5, 0.6) is 0 Å². The average Bonchev–Trinajstić information content (AvgIpc) is 2.78. The number of benzene rings is 4. The predicted molar refractivity (Wildman–Crippen MR) is 118 cm³/mol. The number of carbonyl (C=O) groups excluding carboxylic acids is 1. The van der Waals surface area contributed by atoms with Gasteiger partial charge in [-0.1, -0.05) is 78.0 Å². The molecule has 148 valence electrons. The van der Waals surface area contributed by atoms with Crippen molar-refractivity contribution in [1.29, 1.82) is 0 Å². The molecule has 4 aromatic carbocycles. The van der Waals surface area contributed by atoms with Crippen molar-refractivity contribution in [1.82, 2.24) is 0 Å². The summed E-state index contributed by atoms with van der Waals surface area (Å²) in [6.45, 7) is 4.12. The van der Waals surface area contributed by atoms with Crippen molar-refractivity contribution >= 4 is 34.0 Å². The lowest BCUT2D eigenvalue weighted by Gasteiger charge is -2.04. The maximum absolute atomic E-state index is 10.7. The van der Waals surface area contributed by atoms with Crippen LogP contribution in [-0.4, -0.2) is 22.9 Å². The molecular formula is C24H24N2O3. The first kappa shape index (κ1) is 21.8. The number of aryl methyl sites for hydroxylation is 2. The Labute approximate surface area is 169 Å². The van der Waals surface area contributed by atoms with Crippen LogP contribution >= 0.6 is 0 Å². The Balaban J connectivity index is 0.000000191. The maximum atomic E-state index is 10.7. The molecule has 4 rings (SSSR count). The largest absolute Gasteiger partial charge is 0.411 e. The topological polar surface area (TPSA) is 95.9 Å². The molecule has 4 aromatic rings. The fourth-order valence-electron chi connectivity index (χ4n) is 3.22. The van der Waals surface area contributed by atoms with E-state index in [1.165, 1.54) is 22.7 Å². The molecule has 0 atom stereocenters. The van der Waals surface area contributed by atoms with Gasteiger partial charge in [0.25, 0.3) is 0 Å². The third kappa shape index (κ3) is 5.04. The van der Waals surface area contributed by atoms with Crippen LogP contribution in [0, 0.1) is 13.8 Å². The highest BCUT2D eigenvalue weighted by Gasteiger charge is 2.01. The molecule has 0 amide bonds. The van der Waals surface area contributed by atoms with Crippen molar-refractivity contribution in [3.8, 4) is 0 Å². The number of hydrogen-bond acceptors (Lipinski definition) is 5. The normalized spacial score (nSPS) is 10.2. The molecule has 5 nitrogen and oxygen atoms in total. The molecule has 5 heteroatoms. The van der Waals surface area contributed by atoms with E-state index in [1.807, 2.05) is 66.7 Å². The fourth-order valence-corrected chi connectivity index (χ4v) is 3.22. The van der Waals surface area contributed by atoms with E-state index >= 15 is 0 Å².